The van der Waals surface area contributed by atoms with Gasteiger partial charge in [0.05, 0.1) is 20.0 Å². The Morgan fingerprint density at radius 1 is 1.37 bits per heavy atom. The Kier molecular flexibility index (Phi) is 4.54. The van der Waals surface area contributed by atoms with Crippen molar-refractivity contribution in [3.63, 3.8) is 0 Å². The molecule has 0 fully saturated rings. The van der Waals surface area contributed by atoms with Crippen molar-refractivity contribution in [2.75, 3.05) is 7.11 Å². The first-order valence-corrected chi connectivity index (χ1v) is 5.96. The fourth-order valence-corrected chi connectivity index (χ4v) is 1.81. The standard InChI is InChI=1S/C14H16O5/c1-17-14(16)13-12(15)11(7-8-18-13)19-9-10-5-3-2-4-6-10/h2-8,11-13,15H,9H2,1H3/t11-,12+,13-/m1/s1. The van der Waals surface area contributed by atoms with Crippen molar-refractivity contribution >= 4 is 5.97 Å². The number of hydrogen-bond donors (Lipinski definition) is 1. The SMILES string of the molecule is COC(=O)[C@@H]1OC=C[C@@H](OCc2ccccc2)[C@@H]1O. The zero-order valence-electron chi connectivity index (χ0n) is 10.6. The summed E-state index contributed by atoms with van der Waals surface area (Å²) in [5.41, 5.74) is 0.990. The topological polar surface area (TPSA) is 65.0 Å². The average Bonchev–Trinajstić information content (AvgIpc) is 2.46. The van der Waals surface area contributed by atoms with Crippen molar-refractivity contribution in [3.8, 4) is 0 Å². The lowest BCUT2D eigenvalue weighted by Crippen LogP contribution is -2.46. The molecule has 0 unspecified atom stereocenters. The van der Waals surface area contributed by atoms with Crippen LogP contribution in [0.15, 0.2) is 42.7 Å². The first-order valence-electron chi connectivity index (χ1n) is 5.96. The highest BCUT2D eigenvalue weighted by Gasteiger charge is 2.37. The average molecular weight is 264 g/mol. The molecule has 0 bridgehead atoms. The lowest BCUT2D eigenvalue weighted by Gasteiger charge is -2.29. The van der Waals surface area contributed by atoms with E-state index in [9.17, 15) is 9.90 Å². The van der Waals surface area contributed by atoms with Gasteiger partial charge in [-0.3, -0.25) is 0 Å². The largest absolute Gasteiger partial charge is 0.484 e. The number of aliphatic hydroxyl groups excluding tert-OH is 1. The van der Waals surface area contributed by atoms with Crippen molar-refractivity contribution < 1.29 is 24.1 Å². The van der Waals surface area contributed by atoms with Gasteiger partial charge in [0.2, 0.25) is 6.10 Å². The fourth-order valence-electron chi connectivity index (χ4n) is 1.81. The van der Waals surface area contributed by atoms with Crippen molar-refractivity contribution in [2.45, 2.75) is 24.9 Å². The molecule has 102 valence electrons. The van der Waals surface area contributed by atoms with E-state index >= 15 is 0 Å². The van der Waals surface area contributed by atoms with Crippen LogP contribution in [-0.4, -0.2) is 36.5 Å². The van der Waals surface area contributed by atoms with E-state index in [1.54, 1.807) is 6.08 Å². The summed E-state index contributed by atoms with van der Waals surface area (Å²) in [4.78, 5) is 11.4. The molecular formula is C14H16O5. The Morgan fingerprint density at radius 3 is 2.79 bits per heavy atom. The second-order valence-electron chi connectivity index (χ2n) is 4.16. The minimum Gasteiger partial charge on any atom is -0.484 e. The Labute approximate surface area is 111 Å². The van der Waals surface area contributed by atoms with E-state index in [0.717, 1.165) is 5.56 Å². The van der Waals surface area contributed by atoms with Gasteiger partial charge in [0.25, 0.3) is 0 Å². The molecule has 0 saturated heterocycles. The molecule has 1 heterocycles. The van der Waals surface area contributed by atoms with E-state index in [2.05, 4.69) is 4.74 Å². The maximum Gasteiger partial charge on any atom is 0.349 e. The van der Waals surface area contributed by atoms with Gasteiger partial charge in [0.15, 0.2) is 0 Å². The second kappa shape index (κ2) is 6.36. The van der Waals surface area contributed by atoms with E-state index < -0.39 is 24.3 Å². The third-order valence-corrected chi connectivity index (χ3v) is 2.86. The summed E-state index contributed by atoms with van der Waals surface area (Å²) in [7, 11) is 1.25. The number of rotatable bonds is 4. The van der Waals surface area contributed by atoms with Crippen LogP contribution < -0.4 is 0 Å². The Morgan fingerprint density at radius 2 is 2.11 bits per heavy atom. The number of hydrogen-bond acceptors (Lipinski definition) is 5. The zero-order valence-corrected chi connectivity index (χ0v) is 10.6. The lowest BCUT2D eigenvalue weighted by atomic mass is 10.1. The van der Waals surface area contributed by atoms with Gasteiger partial charge in [-0.25, -0.2) is 4.79 Å². The number of benzene rings is 1. The van der Waals surface area contributed by atoms with E-state index in [1.165, 1.54) is 13.4 Å². The highest BCUT2D eigenvalue weighted by molar-refractivity contribution is 5.75. The molecule has 5 nitrogen and oxygen atoms in total. The Bertz CT molecular complexity index is 442. The van der Waals surface area contributed by atoms with Gasteiger partial charge in [-0.15, -0.1) is 0 Å². The first-order chi connectivity index (χ1) is 9.22. The van der Waals surface area contributed by atoms with Crippen LogP contribution >= 0.6 is 0 Å². The van der Waals surface area contributed by atoms with E-state index in [1.807, 2.05) is 30.3 Å². The Balaban J connectivity index is 1.95. The summed E-state index contributed by atoms with van der Waals surface area (Å²) in [5, 5.41) is 10.0. The van der Waals surface area contributed by atoms with Gasteiger partial charge in [0.1, 0.15) is 12.2 Å². The van der Waals surface area contributed by atoms with Crippen molar-refractivity contribution in [3.05, 3.63) is 48.2 Å². The van der Waals surface area contributed by atoms with Crippen LogP contribution in [0.4, 0.5) is 0 Å². The molecular weight excluding hydrogens is 248 g/mol. The maximum absolute atomic E-state index is 11.4. The normalized spacial score (nSPS) is 25.7. The van der Waals surface area contributed by atoms with Gasteiger partial charge >= 0.3 is 5.97 Å². The van der Waals surface area contributed by atoms with Crippen molar-refractivity contribution in [1.29, 1.82) is 0 Å². The van der Waals surface area contributed by atoms with E-state index in [4.69, 9.17) is 9.47 Å². The third kappa shape index (κ3) is 3.33. The summed E-state index contributed by atoms with van der Waals surface area (Å²) < 4.78 is 15.2. The van der Waals surface area contributed by atoms with Crippen LogP contribution in [0.3, 0.4) is 0 Å². The molecule has 0 saturated carbocycles. The van der Waals surface area contributed by atoms with Crippen LogP contribution in [0.25, 0.3) is 0 Å². The molecule has 0 aliphatic carbocycles. The second-order valence-corrected chi connectivity index (χ2v) is 4.16. The number of carbonyl (C=O) groups is 1. The summed E-state index contributed by atoms with van der Waals surface area (Å²) in [5.74, 6) is -0.620. The minimum absolute atomic E-state index is 0.348. The first kappa shape index (κ1) is 13.6. The number of esters is 1. The predicted molar refractivity (Wildman–Crippen MR) is 67.1 cm³/mol. The minimum atomic E-state index is -1.08. The summed E-state index contributed by atoms with van der Waals surface area (Å²) >= 11 is 0. The molecule has 0 amide bonds. The molecule has 1 aromatic rings. The molecule has 0 spiro atoms. The molecule has 1 aliphatic heterocycles. The highest BCUT2D eigenvalue weighted by atomic mass is 16.6. The van der Waals surface area contributed by atoms with Crippen molar-refractivity contribution in [2.24, 2.45) is 0 Å². The van der Waals surface area contributed by atoms with Gasteiger partial charge in [-0.05, 0) is 11.6 Å². The number of methoxy groups -OCH3 is 1. The smallest absolute Gasteiger partial charge is 0.349 e. The van der Waals surface area contributed by atoms with Crippen LogP contribution in [0, 0.1) is 0 Å². The highest BCUT2D eigenvalue weighted by Crippen LogP contribution is 2.18. The molecule has 19 heavy (non-hydrogen) atoms. The molecule has 1 aliphatic rings. The third-order valence-electron chi connectivity index (χ3n) is 2.86. The quantitative estimate of drug-likeness (QED) is 0.822. The van der Waals surface area contributed by atoms with Crippen LogP contribution in [0.1, 0.15) is 5.56 Å². The summed E-state index contributed by atoms with van der Waals surface area (Å²) in [6.07, 6.45) is 0.201. The molecule has 5 heteroatoms. The Hall–Kier alpha value is -1.85. The van der Waals surface area contributed by atoms with Gasteiger partial charge < -0.3 is 19.3 Å². The zero-order chi connectivity index (χ0) is 13.7. The van der Waals surface area contributed by atoms with Crippen LogP contribution in [0.2, 0.25) is 0 Å². The molecule has 0 aromatic heterocycles. The maximum atomic E-state index is 11.4. The molecule has 2 rings (SSSR count). The van der Waals surface area contributed by atoms with Crippen LogP contribution in [0.5, 0.6) is 0 Å². The summed E-state index contributed by atoms with van der Waals surface area (Å²) in [6, 6.07) is 9.58. The number of ether oxygens (including phenoxy) is 3. The number of carbonyl (C=O) groups excluding carboxylic acids is 1. The molecule has 1 aromatic carbocycles. The number of aliphatic hydroxyl groups is 1. The molecule has 3 atom stereocenters. The van der Waals surface area contributed by atoms with E-state index in [-0.39, 0.29) is 0 Å². The molecule has 1 N–H and O–H groups in total. The monoisotopic (exact) mass is 264 g/mol. The molecule has 0 radical (unpaired) electrons. The van der Waals surface area contributed by atoms with Crippen LogP contribution in [-0.2, 0) is 25.6 Å². The fraction of sp³-hybridized carbons (Fsp3) is 0.357. The van der Waals surface area contributed by atoms with Gasteiger partial charge in [-0.1, -0.05) is 30.3 Å². The van der Waals surface area contributed by atoms with E-state index in [0.29, 0.717) is 6.61 Å². The summed E-state index contributed by atoms with van der Waals surface area (Å²) in [6.45, 7) is 0.348. The van der Waals surface area contributed by atoms with Gasteiger partial charge in [0, 0.05) is 0 Å². The van der Waals surface area contributed by atoms with Gasteiger partial charge in [-0.2, -0.15) is 0 Å². The predicted octanol–water partition coefficient (Wildman–Crippen LogP) is 1.02. The van der Waals surface area contributed by atoms with Crippen molar-refractivity contribution in [1.82, 2.24) is 0 Å². The lowest BCUT2D eigenvalue weighted by molar-refractivity contribution is -0.166.